The summed E-state index contributed by atoms with van der Waals surface area (Å²) in [6, 6.07) is 27.5. The molecule has 2 amide bonds. The summed E-state index contributed by atoms with van der Waals surface area (Å²) in [6.07, 6.45) is 4.34. The van der Waals surface area contributed by atoms with Gasteiger partial charge in [0.25, 0.3) is 5.91 Å². The molecule has 2 atom stereocenters. The van der Waals surface area contributed by atoms with Gasteiger partial charge in [0.1, 0.15) is 0 Å². The standard InChI is InChI=1S/C30H31N3O2/c1-31-28(24-14-6-3-7-15-24)27(25-16-8-9-17-26(25)29(31)34)30(35)33-21-19-32(20-22-33)18-10-13-23-11-4-2-5-12-23/h2-17,27-28H,18-22H2,1H3/b13-10+/t27-,28-/m0/s1. The van der Waals surface area contributed by atoms with Crippen LogP contribution < -0.4 is 0 Å². The first-order chi connectivity index (χ1) is 17.1. The van der Waals surface area contributed by atoms with Crippen molar-refractivity contribution in [3.05, 3.63) is 113 Å². The Bertz CT molecular complexity index is 1200. The smallest absolute Gasteiger partial charge is 0.254 e. The molecule has 0 spiro atoms. The van der Waals surface area contributed by atoms with Gasteiger partial charge in [0.2, 0.25) is 5.91 Å². The van der Waals surface area contributed by atoms with E-state index in [9.17, 15) is 9.59 Å². The van der Waals surface area contributed by atoms with E-state index in [0.717, 1.165) is 30.8 Å². The Morgan fingerprint density at radius 2 is 1.49 bits per heavy atom. The zero-order valence-corrected chi connectivity index (χ0v) is 20.1. The second-order valence-electron chi connectivity index (χ2n) is 9.28. The van der Waals surface area contributed by atoms with E-state index in [0.29, 0.717) is 18.7 Å². The van der Waals surface area contributed by atoms with Crippen LogP contribution >= 0.6 is 0 Å². The predicted molar refractivity (Wildman–Crippen MR) is 139 cm³/mol. The highest BCUT2D eigenvalue weighted by atomic mass is 16.2. The summed E-state index contributed by atoms with van der Waals surface area (Å²) in [5.41, 5.74) is 3.65. The van der Waals surface area contributed by atoms with Crippen molar-refractivity contribution in [2.45, 2.75) is 12.0 Å². The van der Waals surface area contributed by atoms with Crippen molar-refractivity contribution >= 4 is 17.9 Å². The van der Waals surface area contributed by atoms with Crippen molar-refractivity contribution in [3.63, 3.8) is 0 Å². The highest BCUT2D eigenvalue weighted by molar-refractivity contribution is 6.01. The summed E-state index contributed by atoms with van der Waals surface area (Å²) < 4.78 is 0. The lowest BCUT2D eigenvalue weighted by Gasteiger charge is -2.43. The van der Waals surface area contributed by atoms with Crippen LogP contribution in [-0.2, 0) is 4.79 Å². The fourth-order valence-corrected chi connectivity index (χ4v) is 5.26. The number of fused-ring (bicyclic) bond motifs is 1. The maximum Gasteiger partial charge on any atom is 0.254 e. The van der Waals surface area contributed by atoms with E-state index in [2.05, 4.69) is 29.2 Å². The van der Waals surface area contributed by atoms with Crippen LogP contribution in [0.2, 0.25) is 0 Å². The summed E-state index contributed by atoms with van der Waals surface area (Å²) in [6.45, 7) is 3.92. The topological polar surface area (TPSA) is 43.9 Å². The third-order valence-corrected chi connectivity index (χ3v) is 7.14. The number of hydrogen-bond acceptors (Lipinski definition) is 3. The van der Waals surface area contributed by atoms with Gasteiger partial charge in [-0.15, -0.1) is 0 Å². The van der Waals surface area contributed by atoms with Crippen LogP contribution in [0, 0.1) is 0 Å². The molecular formula is C30H31N3O2. The zero-order valence-electron chi connectivity index (χ0n) is 20.1. The Hall–Kier alpha value is -3.70. The van der Waals surface area contributed by atoms with E-state index in [4.69, 9.17) is 0 Å². The highest BCUT2D eigenvalue weighted by Crippen LogP contribution is 2.42. The molecule has 3 aromatic rings. The summed E-state index contributed by atoms with van der Waals surface area (Å²) in [7, 11) is 1.81. The van der Waals surface area contributed by atoms with Gasteiger partial charge in [0.05, 0.1) is 12.0 Å². The van der Waals surface area contributed by atoms with Crippen molar-refractivity contribution in [2.75, 3.05) is 39.8 Å². The molecule has 5 heteroatoms. The second kappa shape index (κ2) is 10.3. The van der Waals surface area contributed by atoms with Crippen LogP contribution in [0.4, 0.5) is 0 Å². The molecule has 0 saturated carbocycles. The lowest BCUT2D eigenvalue weighted by Crippen LogP contribution is -2.52. The zero-order chi connectivity index (χ0) is 24.2. The van der Waals surface area contributed by atoms with Crippen LogP contribution in [0.5, 0.6) is 0 Å². The number of likely N-dealkylation sites (N-methyl/N-ethyl adjacent to an activating group) is 1. The van der Waals surface area contributed by atoms with E-state index in [-0.39, 0.29) is 17.9 Å². The van der Waals surface area contributed by atoms with Crippen molar-refractivity contribution < 1.29 is 9.59 Å². The molecule has 0 unspecified atom stereocenters. The number of piperazine rings is 1. The molecule has 0 aromatic heterocycles. The third kappa shape index (κ3) is 4.77. The molecule has 5 nitrogen and oxygen atoms in total. The predicted octanol–water partition coefficient (Wildman–Crippen LogP) is 4.45. The van der Waals surface area contributed by atoms with Gasteiger partial charge in [-0.05, 0) is 22.8 Å². The van der Waals surface area contributed by atoms with Crippen LogP contribution in [0.15, 0.2) is 91.0 Å². The number of nitrogens with zero attached hydrogens (tertiary/aromatic N) is 3. The lowest BCUT2D eigenvalue weighted by molar-refractivity contribution is -0.136. The van der Waals surface area contributed by atoms with E-state index in [1.807, 2.05) is 84.7 Å². The number of rotatable bonds is 5. The summed E-state index contributed by atoms with van der Waals surface area (Å²) in [5.74, 6) is -0.348. The van der Waals surface area contributed by atoms with Crippen LogP contribution in [0.1, 0.15) is 39.0 Å². The van der Waals surface area contributed by atoms with Crippen molar-refractivity contribution in [2.24, 2.45) is 0 Å². The van der Waals surface area contributed by atoms with Crippen molar-refractivity contribution in [1.82, 2.24) is 14.7 Å². The Morgan fingerprint density at radius 1 is 0.857 bits per heavy atom. The number of carbonyl (C=O) groups is 2. The van der Waals surface area contributed by atoms with Crippen molar-refractivity contribution in [1.29, 1.82) is 0 Å². The molecule has 0 bridgehead atoms. The number of benzene rings is 3. The van der Waals surface area contributed by atoms with Gasteiger partial charge >= 0.3 is 0 Å². The summed E-state index contributed by atoms with van der Waals surface area (Å²) in [5, 5.41) is 0. The number of amides is 2. The highest BCUT2D eigenvalue weighted by Gasteiger charge is 2.44. The average Bonchev–Trinajstić information content (AvgIpc) is 2.92. The summed E-state index contributed by atoms with van der Waals surface area (Å²) in [4.78, 5) is 33.3. The Labute approximate surface area is 207 Å². The number of carbonyl (C=O) groups excluding carboxylic acids is 2. The molecule has 2 heterocycles. The molecule has 2 aliphatic rings. The van der Waals surface area contributed by atoms with Gasteiger partial charge in [0.15, 0.2) is 0 Å². The van der Waals surface area contributed by atoms with Crippen LogP contribution in [-0.4, -0.2) is 66.3 Å². The van der Waals surface area contributed by atoms with Crippen LogP contribution in [0.3, 0.4) is 0 Å². The second-order valence-corrected chi connectivity index (χ2v) is 9.28. The third-order valence-electron chi connectivity index (χ3n) is 7.14. The SMILES string of the molecule is CN1C(=O)c2ccccc2[C@H](C(=O)N2CCN(C/C=C/c3ccccc3)CC2)[C@@H]1c1ccccc1. The lowest BCUT2D eigenvalue weighted by atomic mass is 9.79. The van der Waals surface area contributed by atoms with E-state index in [1.54, 1.807) is 4.90 Å². The maximum absolute atomic E-state index is 14.0. The molecule has 0 N–H and O–H groups in total. The molecule has 0 radical (unpaired) electrons. The molecule has 178 valence electrons. The van der Waals surface area contributed by atoms with Gasteiger partial charge in [0, 0.05) is 45.3 Å². The van der Waals surface area contributed by atoms with Gasteiger partial charge in [-0.2, -0.15) is 0 Å². The average molecular weight is 466 g/mol. The van der Waals surface area contributed by atoms with E-state index in [1.165, 1.54) is 5.56 Å². The van der Waals surface area contributed by atoms with E-state index < -0.39 is 5.92 Å². The first-order valence-corrected chi connectivity index (χ1v) is 12.3. The fraction of sp³-hybridized carbons (Fsp3) is 0.267. The van der Waals surface area contributed by atoms with Crippen LogP contribution in [0.25, 0.3) is 6.08 Å². The normalized spacial score (nSPS) is 20.8. The summed E-state index contributed by atoms with van der Waals surface area (Å²) >= 11 is 0. The molecule has 0 aliphatic carbocycles. The van der Waals surface area contributed by atoms with Gasteiger partial charge in [-0.3, -0.25) is 14.5 Å². The maximum atomic E-state index is 14.0. The molecular weight excluding hydrogens is 434 g/mol. The minimum atomic E-state index is -0.416. The molecule has 2 aliphatic heterocycles. The molecule has 1 saturated heterocycles. The number of hydrogen-bond donors (Lipinski definition) is 0. The first kappa shape index (κ1) is 23.1. The quantitative estimate of drug-likeness (QED) is 0.559. The van der Waals surface area contributed by atoms with Gasteiger partial charge in [-0.25, -0.2) is 0 Å². The fourth-order valence-electron chi connectivity index (χ4n) is 5.26. The van der Waals surface area contributed by atoms with Crippen molar-refractivity contribution in [3.8, 4) is 0 Å². The van der Waals surface area contributed by atoms with Gasteiger partial charge in [-0.1, -0.05) is 91.0 Å². The molecule has 3 aromatic carbocycles. The van der Waals surface area contributed by atoms with Gasteiger partial charge < -0.3 is 9.80 Å². The minimum Gasteiger partial charge on any atom is -0.340 e. The molecule has 35 heavy (non-hydrogen) atoms. The first-order valence-electron chi connectivity index (χ1n) is 12.3. The minimum absolute atomic E-state index is 0.0338. The largest absolute Gasteiger partial charge is 0.340 e. The molecule has 5 rings (SSSR count). The Balaban J connectivity index is 1.33. The Morgan fingerprint density at radius 3 is 2.20 bits per heavy atom. The Kier molecular flexibility index (Phi) is 6.77. The monoisotopic (exact) mass is 465 g/mol. The van der Waals surface area contributed by atoms with E-state index >= 15 is 0 Å². The molecule has 1 fully saturated rings.